The van der Waals surface area contributed by atoms with Crippen LogP contribution in [0.15, 0.2) is 6.20 Å². The number of hydrogen-bond donors (Lipinski definition) is 1. The second kappa shape index (κ2) is 6.13. The average Bonchev–Trinajstić information content (AvgIpc) is 2.63. The lowest BCUT2D eigenvalue weighted by Gasteiger charge is -1.99. The Hall–Kier alpha value is -1.43. The second-order valence-corrected chi connectivity index (χ2v) is 3.06. The van der Waals surface area contributed by atoms with Crippen LogP contribution in [-0.2, 0) is 22.5 Å². The highest BCUT2D eigenvalue weighted by molar-refractivity contribution is 5.66. The van der Waals surface area contributed by atoms with Gasteiger partial charge in [-0.3, -0.25) is 4.79 Å². The Balaban J connectivity index is 2.32. The molecule has 0 radical (unpaired) electrons. The standard InChI is InChI=1S/C9H15N3O3/c1-2-15-6-5-12-7-8(10-11-12)3-4-9(13)14/h7H,2-6H2,1H3,(H,13,14). The molecule has 1 aromatic heterocycles. The van der Waals surface area contributed by atoms with Crippen molar-refractivity contribution >= 4 is 5.97 Å². The van der Waals surface area contributed by atoms with Gasteiger partial charge in [0.1, 0.15) is 0 Å². The van der Waals surface area contributed by atoms with Crippen LogP contribution < -0.4 is 0 Å². The molecule has 1 rings (SSSR count). The number of rotatable bonds is 7. The first-order chi connectivity index (χ1) is 7.22. The number of carboxylic acids is 1. The molecule has 0 aliphatic carbocycles. The number of nitrogens with zero attached hydrogens (tertiary/aromatic N) is 3. The summed E-state index contributed by atoms with van der Waals surface area (Å²) in [6.07, 6.45) is 2.26. The molecule has 6 nitrogen and oxygen atoms in total. The van der Waals surface area contributed by atoms with E-state index < -0.39 is 5.97 Å². The maximum absolute atomic E-state index is 10.3. The second-order valence-electron chi connectivity index (χ2n) is 3.06. The summed E-state index contributed by atoms with van der Waals surface area (Å²) in [5, 5.41) is 16.2. The molecule has 6 heteroatoms. The molecule has 0 aromatic carbocycles. The summed E-state index contributed by atoms with van der Waals surface area (Å²) in [6, 6.07) is 0. The fourth-order valence-electron chi connectivity index (χ4n) is 1.10. The predicted octanol–water partition coefficient (Wildman–Crippen LogP) is 0.332. The van der Waals surface area contributed by atoms with Crippen molar-refractivity contribution in [3.05, 3.63) is 11.9 Å². The number of aromatic nitrogens is 3. The highest BCUT2D eigenvalue weighted by Crippen LogP contribution is 1.98. The van der Waals surface area contributed by atoms with E-state index in [1.807, 2.05) is 6.92 Å². The molecule has 0 unspecified atom stereocenters. The Kier molecular flexibility index (Phi) is 4.76. The average molecular weight is 213 g/mol. The lowest BCUT2D eigenvalue weighted by Crippen LogP contribution is -2.06. The third-order valence-corrected chi connectivity index (χ3v) is 1.85. The molecular weight excluding hydrogens is 198 g/mol. The van der Waals surface area contributed by atoms with Crippen LogP contribution >= 0.6 is 0 Å². The van der Waals surface area contributed by atoms with Gasteiger partial charge in [0.2, 0.25) is 0 Å². The number of carboxylic acid groups (broad SMARTS) is 1. The summed E-state index contributed by atoms with van der Waals surface area (Å²) < 4.78 is 6.82. The maximum Gasteiger partial charge on any atom is 0.303 e. The van der Waals surface area contributed by atoms with Gasteiger partial charge in [-0.15, -0.1) is 5.10 Å². The first kappa shape index (κ1) is 11.6. The zero-order valence-corrected chi connectivity index (χ0v) is 8.72. The SMILES string of the molecule is CCOCCn1cc(CCC(=O)O)nn1. The van der Waals surface area contributed by atoms with Gasteiger partial charge in [0.05, 0.1) is 25.3 Å². The predicted molar refractivity (Wildman–Crippen MR) is 52.5 cm³/mol. The third kappa shape index (κ3) is 4.55. The first-order valence-electron chi connectivity index (χ1n) is 4.91. The van der Waals surface area contributed by atoms with E-state index in [1.165, 1.54) is 0 Å². The van der Waals surface area contributed by atoms with Gasteiger partial charge >= 0.3 is 5.97 Å². The first-order valence-corrected chi connectivity index (χ1v) is 4.91. The van der Waals surface area contributed by atoms with Gasteiger partial charge in [-0.05, 0) is 6.92 Å². The molecule has 0 fully saturated rings. The molecule has 0 aliphatic rings. The summed E-state index contributed by atoms with van der Waals surface area (Å²) in [6.45, 7) is 3.85. The molecule has 0 spiro atoms. The van der Waals surface area contributed by atoms with Crippen LogP contribution in [0, 0.1) is 0 Å². The molecule has 0 atom stereocenters. The van der Waals surface area contributed by atoms with E-state index >= 15 is 0 Å². The van der Waals surface area contributed by atoms with Crippen LogP contribution in [0.5, 0.6) is 0 Å². The Morgan fingerprint density at radius 3 is 3.13 bits per heavy atom. The molecule has 15 heavy (non-hydrogen) atoms. The van der Waals surface area contributed by atoms with Gasteiger partial charge in [0.15, 0.2) is 0 Å². The van der Waals surface area contributed by atoms with Crippen LogP contribution in [0.25, 0.3) is 0 Å². The quantitative estimate of drug-likeness (QED) is 0.660. The van der Waals surface area contributed by atoms with E-state index in [-0.39, 0.29) is 6.42 Å². The fraction of sp³-hybridized carbons (Fsp3) is 0.667. The molecule has 0 aliphatic heterocycles. The number of ether oxygens (including phenoxy) is 1. The molecule has 1 aromatic rings. The van der Waals surface area contributed by atoms with Crippen molar-refractivity contribution < 1.29 is 14.6 Å². The van der Waals surface area contributed by atoms with Gasteiger partial charge in [-0.1, -0.05) is 5.21 Å². The van der Waals surface area contributed by atoms with Gasteiger partial charge < -0.3 is 9.84 Å². The van der Waals surface area contributed by atoms with Crippen molar-refractivity contribution in [1.29, 1.82) is 0 Å². The van der Waals surface area contributed by atoms with E-state index in [2.05, 4.69) is 10.3 Å². The zero-order chi connectivity index (χ0) is 11.1. The summed E-state index contributed by atoms with van der Waals surface area (Å²) in [5.41, 5.74) is 0.703. The van der Waals surface area contributed by atoms with E-state index in [9.17, 15) is 4.79 Å². The highest BCUT2D eigenvalue weighted by atomic mass is 16.5. The van der Waals surface area contributed by atoms with Gasteiger partial charge in [0, 0.05) is 19.2 Å². The van der Waals surface area contributed by atoms with Gasteiger partial charge in [0.25, 0.3) is 0 Å². The lowest BCUT2D eigenvalue weighted by molar-refractivity contribution is -0.136. The minimum absolute atomic E-state index is 0.0875. The fourth-order valence-corrected chi connectivity index (χ4v) is 1.10. The summed E-state index contributed by atoms with van der Waals surface area (Å²) in [7, 11) is 0. The molecule has 0 bridgehead atoms. The molecule has 0 amide bonds. The lowest BCUT2D eigenvalue weighted by atomic mass is 10.2. The van der Waals surface area contributed by atoms with E-state index in [0.717, 1.165) is 0 Å². The number of hydrogen-bond acceptors (Lipinski definition) is 4. The Bertz CT molecular complexity index is 311. The minimum atomic E-state index is -0.820. The minimum Gasteiger partial charge on any atom is -0.481 e. The van der Waals surface area contributed by atoms with Crippen molar-refractivity contribution in [2.45, 2.75) is 26.3 Å². The molecule has 0 saturated heterocycles. The molecule has 84 valence electrons. The smallest absolute Gasteiger partial charge is 0.303 e. The number of aliphatic carboxylic acids is 1. The molecule has 0 saturated carbocycles. The van der Waals surface area contributed by atoms with E-state index in [4.69, 9.17) is 9.84 Å². The van der Waals surface area contributed by atoms with Crippen LogP contribution in [0.2, 0.25) is 0 Å². The maximum atomic E-state index is 10.3. The molecule has 1 N–H and O–H groups in total. The van der Waals surface area contributed by atoms with Crippen LogP contribution in [0.1, 0.15) is 19.0 Å². The number of aryl methyl sites for hydroxylation is 1. The van der Waals surface area contributed by atoms with Crippen molar-refractivity contribution in [3.8, 4) is 0 Å². The van der Waals surface area contributed by atoms with Gasteiger partial charge in [-0.2, -0.15) is 0 Å². The van der Waals surface area contributed by atoms with Gasteiger partial charge in [-0.25, -0.2) is 4.68 Å². The van der Waals surface area contributed by atoms with Crippen molar-refractivity contribution in [1.82, 2.24) is 15.0 Å². The molecule has 1 heterocycles. The highest BCUT2D eigenvalue weighted by Gasteiger charge is 2.03. The normalized spacial score (nSPS) is 10.5. The summed E-state index contributed by atoms with van der Waals surface area (Å²) >= 11 is 0. The Morgan fingerprint density at radius 1 is 1.67 bits per heavy atom. The van der Waals surface area contributed by atoms with Crippen molar-refractivity contribution in [2.75, 3.05) is 13.2 Å². The van der Waals surface area contributed by atoms with E-state index in [0.29, 0.717) is 31.9 Å². The van der Waals surface area contributed by atoms with Crippen molar-refractivity contribution in [3.63, 3.8) is 0 Å². The third-order valence-electron chi connectivity index (χ3n) is 1.85. The number of carbonyl (C=O) groups is 1. The van der Waals surface area contributed by atoms with Crippen LogP contribution in [0.3, 0.4) is 0 Å². The van der Waals surface area contributed by atoms with E-state index in [1.54, 1.807) is 10.9 Å². The van der Waals surface area contributed by atoms with Crippen LogP contribution in [0.4, 0.5) is 0 Å². The summed E-state index contributed by atoms with van der Waals surface area (Å²) in [4.78, 5) is 10.3. The Labute approximate surface area is 87.9 Å². The summed E-state index contributed by atoms with van der Waals surface area (Å²) in [5.74, 6) is -0.820. The zero-order valence-electron chi connectivity index (χ0n) is 8.72. The monoisotopic (exact) mass is 213 g/mol. The molecular formula is C9H15N3O3. The topological polar surface area (TPSA) is 77.2 Å². The Morgan fingerprint density at radius 2 is 2.47 bits per heavy atom. The van der Waals surface area contributed by atoms with Crippen molar-refractivity contribution in [2.24, 2.45) is 0 Å². The van der Waals surface area contributed by atoms with Crippen LogP contribution in [-0.4, -0.2) is 39.3 Å². The largest absolute Gasteiger partial charge is 0.481 e.